The van der Waals surface area contributed by atoms with Crippen molar-refractivity contribution < 1.29 is 13.2 Å². The minimum Gasteiger partial charge on any atom is -0.324 e. The van der Waals surface area contributed by atoms with E-state index in [-0.39, 0.29) is 17.3 Å². The summed E-state index contributed by atoms with van der Waals surface area (Å²) in [7, 11) is -3.92. The Morgan fingerprint density at radius 1 is 0.848 bits per heavy atom. The number of rotatable bonds is 4. The maximum Gasteiger partial charge on any atom is 0.244 e. The lowest BCUT2D eigenvalue weighted by molar-refractivity contribution is -0.120. The summed E-state index contributed by atoms with van der Waals surface area (Å²) in [5.41, 5.74) is 3.52. The van der Waals surface area contributed by atoms with Crippen LogP contribution in [0.3, 0.4) is 0 Å². The van der Waals surface area contributed by atoms with E-state index in [0.29, 0.717) is 12.1 Å². The van der Waals surface area contributed by atoms with Crippen molar-refractivity contribution in [3.63, 3.8) is 0 Å². The molecule has 0 bridgehead atoms. The molecule has 1 amide bonds. The summed E-state index contributed by atoms with van der Waals surface area (Å²) >= 11 is 0. The van der Waals surface area contributed by atoms with E-state index in [9.17, 15) is 13.2 Å². The van der Waals surface area contributed by atoms with Gasteiger partial charge in [-0.15, -0.1) is 0 Å². The summed E-state index contributed by atoms with van der Waals surface area (Å²) in [5, 5.41) is 4.76. The molecule has 1 aliphatic rings. The summed E-state index contributed by atoms with van der Waals surface area (Å²) in [6, 6.07) is 27.1. The van der Waals surface area contributed by atoms with Crippen LogP contribution in [0, 0.1) is 6.92 Å². The molecule has 0 saturated heterocycles. The van der Waals surface area contributed by atoms with Gasteiger partial charge in [0.1, 0.15) is 6.04 Å². The molecule has 0 spiro atoms. The predicted molar refractivity (Wildman–Crippen MR) is 130 cm³/mol. The molecule has 0 aliphatic carbocycles. The third-order valence-corrected chi connectivity index (χ3v) is 8.09. The van der Waals surface area contributed by atoms with Crippen LogP contribution in [0.4, 0.5) is 5.69 Å². The molecule has 1 unspecified atom stereocenters. The number of carbonyl (C=O) groups is 1. The molecule has 0 radical (unpaired) electrons. The van der Waals surface area contributed by atoms with Crippen molar-refractivity contribution in [1.82, 2.24) is 4.31 Å². The molecule has 166 valence electrons. The first-order valence-electron chi connectivity index (χ1n) is 10.9. The van der Waals surface area contributed by atoms with E-state index in [1.165, 1.54) is 4.31 Å². The minimum absolute atomic E-state index is 0.150. The van der Waals surface area contributed by atoms with Crippen LogP contribution < -0.4 is 5.32 Å². The summed E-state index contributed by atoms with van der Waals surface area (Å²) in [6.45, 7) is 2.06. The Hall–Kier alpha value is -3.48. The SMILES string of the molecule is Cc1ccccc1NC(=O)C1Cc2ccccc2CN1S(=O)(=O)c1ccc2ccccc2c1. The Labute approximate surface area is 193 Å². The Morgan fingerprint density at radius 2 is 1.52 bits per heavy atom. The molecule has 1 N–H and O–H groups in total. The van der Waals surface area contributed by atoms with Gasteiger partial charge in [0.05, 0.1) is 4.90 Å². The molecule has 0 fully saturated rings. The zero-order valence-corrected chi connectivity index (χ0v) is 19.0. The summed E-state index contributed by atoms with van der Waals surface area (Å²) in [5.74, 6) is -0.330. The number of para-hydroxylation sites is 1. The van der Waals surface area contributed by atoms with E-state index in [4.69, 9.17) is 0 Å². The second-order valence-electron chi connectivity index (χ2n) is 8.35. The number of fused-ring (bicyclic) bond motifs is 2. The van der Waals surface area contributed by atoms with E-state index in [2.05, 4.69) is 5.32 Å². The van der Waals surface area contributed by atoms with E-state index in [1.807, 2.05) is 85.8 Å². The van der Waals surface area contributed by atoms with Crippen LogP contribution in [0.2, 0.25) is 0 Å². The number of nitrogens with one attached hydrogen (secondary N) is 1. The van der Waals surface area contributed by atoms with Crippen LogP contribution in [0.15, 0.2) is 95.9 Å². The van der Waals surface area contributed by atoms with Gasteiger partial charge in [-0.05, 0) is 59.0 Å². The summed E-state index contributed by atoms with van der Waals surface area (Å²) in [6.07, 6.45) is 0.320. The monoisotopic (exact) mass is 456 g/mol. The zero-order chi connectivity index (χ0) is 23.0. The third-order valence-electron chi connectivity index (χ3n) is 6.24. The number of anilines is 1. The highest BCUT2D eigenvalue weighted by Crippen LogP contribution is 2.31. The average molecular weight is 457 g/mol. The van der Waals surface area contributed by atoms with E-state index < -0.39 is 16.1 Å². The molecule has 1 atom stereocenters. The van der Waals surface area contributed by atoms with Crippen molar-refractivity contribution in [3.05, 3.63) is 108 Å². The number of hydrogen-bond donors (Lipinski definition) is 1. The molecule has 4 aromatic carbocycles. The zero-order valence-electron chi connectivity index (χ0n) is 18.2. The number of sulfonamides is 1. The Balaban J connectivity index is 1.55. The molecular formula is C27H24N2O3S. The van der Waals surface area contributed by atoms with Gasteiger partial charge in [0.2, 0.25) is 15.9 Å². The molecule has 0 aromatic heterocycles. The lowest BCUT2D eigenvalue weighted by Gasteiger charge is -2.35. The van der Waals surface area contributed by atoms with Crippen molar-refractivity contribution in [3.8, 4) is 0 Å². The van der Waals surface area contributed by atoms with Crippen LogP contribution in [-0.2, 0) is 27.8 Å². The first kappa shape index (κ1) is 21.4. The molecule has 4 aromatic rings. The number of carbonyl (C=O) groups excluding carboxylic acids is 1. The molecule has 1 aliphatic heterocycles. The summed E-state index contributed by atoms with van der Waals surface area (Å²) < 4.78 is 29.0. The van der Waals surface area contributed by atoms with Gasteiger partial charge in [-0.3, -0.25) is 4.79 Å². The Kier molecular flexibility index (Phi) is 5.48. The first-order valence-corrected chi connectivity index (χ1v) is 12.3. The Morgan fingerprint density at radius 3 is 2.30 bits per heavy atom. The van der Waals surface area contributed by atoms with Gasteiger partial charge in [0, 0.05) is 12.2 Å². The Bertz CT molecular complexity index is 1460. The van der Waals surface area contributed by atoms with Gasteiger partial charge in [0.25, 0.3) is 0 Å². The average Bonchev–Trinajstić information content (AvgIpc) is 2.84. The smallest absolute Gasteiger partial charge is 0.244 e. The van der Waals surface area contributed by atoms with Gasteiger partial charge >= 0.3 is 0 Å². The van der Waals surface area contributed by atoms with Gasteiger partial charge in [0.15, 0.2) is 0 Å². The standard InChI is InChI=1S/C27H24N2O3S/c1-19-8-2-7-13-25(19)28-27(30)26-17-22-11-5-6-12-23(22)18-29(26)33(31,32)24-15-14-20-9-3-4-10-21(20)16-24/h2-16,26H,17-18H2,1H3,(H,28,30). The van der Waals surface area contributed by atoms with E-state index in [0.717, 1.165) is 27.5 Å². The fourth-order valence-electron chi connectivity index (χ4n) is 4.37. The highest BCUT2D eigenvalue weighted by molar-refractivity contribution is 7.89. The fraction of sp³-hybridized carbons (Fsp3) is 0.148. The van der Waals surface area contributed by atoms with Crippen molar-refractivity contribution >= 4 is 32.4 Å². The highest BCUT2D eigenvalue weighted by Gasteiger charge is 2.39. The van der Waals surface area contributed by atoms with Crippen LogP contribution in [0.1, 0.15) is 16.7 Å². The lowest BCUT2D eigenvalue weighted by Crippen LogP contribution is -2.50. The van der Waals surface area contributed by atoms with Crippen molar-refractivity contribution in [2.75, 3.05) is 5.32 Å². The molecule has 5 nitrogen and oxygen atoms in total. The normalized spacial score (nSPS) is 16.3. The molecule has 5 rings (SSSR count). The first-order chi connectivity index (χ1) is 15.9. The van der Waals surface area contributed by atoms with Gasteiger partial charge in [-0.1, -0.05) is 72.8 Å². The fourth-order valence-corrected chi connectivity index (χ4v) is 5.97. The minimum atomic E-state index is -3.92. The van der Waals surface area contributed by atoms with Crippen molar-refractivity contribution in [2.24, 2.45) is 0 Å². The highest BCUT2D eigenvalue weighted by atomic mass is 32.2. The number of nitrogens with zero attached hydrogens (tertiary/aromatic N) is 1. The largest absolute Gasteiger partial charge is 0.324 e. The van der Waals surface area contributed by atoms with Gasteiger partial charge in [-0.2, -0.15) is 4.31 Å². The quantitative estimate of drug-likeness (QED) is 0.475. The van der Waals surface area contributed by atoms with Crippen LogP contribution in [-0.4, -0.2) is 24.7 Å². The molecule has 6 heteroatoms. The van der Waals surface area contributed by atoms with Crippen molar-refractivity contribution in [1.29, 1.82) is 0 Å². The van der Waals surface area contributed by atoms with Gasteiger partial charge < -0.3 is 5.32 Å². The van der Waals surface area contributed by atoms with E-state index in [1.54, 1.807) is 12.1 Å². The number of aryl methyl sites for hydroxylation is 1. The second-order valence-corrected chi connectivity index (χ2v) is 10.2. The number of benzene rings is 4. The van der Waals surface area contributed by atoms with E-state index >= 15 is 0 Å². The second kappa shape index (κ2) is 8.46. The number of amides is 1. The predicted octanol–water partition coefficient (Wildman–Crippen LogP) is 4.90. The van der Waals surface area contributed by atoms with Crippen molar-refractivity contribution in [2.45, 2.75) is 30.8 Å². The molecule has 0 saturated carbocycles. The topological polar surface area (TPSA) is 66.5 Å². The molecule has 33 heavy (non-hydrogen) atoms. The molecular weight excluding hydrogens is 432 g/mol. The van der Waals surface area contributed by atoms with Crippen LogP contribution in [0.5, 0.6) is 0 Å². The van der Waals surface area contributed by atoms with Crippen LogP contribution >= 0.6 is 0 Å². The number of hydrogen-bond acceptors (Lipinski definition) is 3. The maximum atomic E-state index is 13.8. The van der Waals surface area contributed by atoms with Crippen LogP contribution in [0.25, 0.3) is 10.8 Å². The lowest BCUT2D eigenvalue weighted by atomic mass is 9.95. The maximum absolute atomic E-state index is 13.8. The summed E-state index contributed by atoms with van der Waals surface area (Å²) in [4.78, 5) is 13.6. The van der Waals surface area contributed by atoms with Gasteiger partial charge in [-0.25, -0.2) is 8.42 Å². The third kappa shape index (κ3) is 4.03. The molecule has 1 heterocycles.